The molecule has 4 rings (SSSR count). The number of rotatable bonds is 1. The third-order valence-electron chi connectivity index (χ3n) is 4.10. The van der Waals surface area contributed by atoms with Gasteiger partial charge in [0.1, 0.15) is 0 Å². The molecule has 0 saturated heterocycles. The van der Waals surface area contributed by atoms with E-state index in [1.54, 1.807) is 0 Å². The molecule has 20 heavy (non-hydrogen) atoms. The lowest BCUT2D eigenvalue weighted by Crippen LogP contribution is -2.31. The van der Waals surface area contributed by atoms with Crippen LogP contribution in [0.2, 0.25) is 0 Å². The third kappa shape index (κ3) is 1.59. The van der Waals surface area contributed by atoms with E-state index >= 15 is 0 Å². The van der Waals surface area contributed by atoms with Crippen molar-refractivity contribution in [2.75, 3.05) is 6.54 Å². The summed E-state index contributed by atoms with van der Waals surface area (Å²) in [6.07, 6.45) is 4.91. The molecule has 0 aromatic carbocycles. The van der Waals surface area contributed by atoms with Crippen molar-refractivity contribution in [2.45, 2.75) is 19.4 Å². The molecular weight excluding hydrogens is 250 g/mol. The second kappa shape index (κ2) is 4.18. The highest BCUT2D eigenvalue weighted by Gasteiger charge is 2.27. The van der Waals surface area contributed by atoms with E-state index in [-0.39, 0.29) is 6.04 Å². The molecule has 0 spiro atoms. The SMILES string of the molecule is Cc1cccn2nc(C3NCCc4c3ncn4C)cc12. The highest BCUT2D eigenvalue weighted by Crippen LogP contribution is 2.27. The van der Waals surface area contributed by atoms with Crippen LogP contribution in [-0.4, -0.2) is 25.7 Å². The number of hydrogen-bond acceptors (Lipinski definition) is 3. The maximum atomic E-state index is 4.71. The van der Waals surface area contributed by atoms with Crippen LogP contribution in [0.5, 0.6) is 0 Å². The molecule has 0 bridgehead atoms. The third-order valence-corrected chi connectivity index (χ3v) is 4.10. The monoisotopic (exact) mass is 267 g/mol. The van der Waals surface area contributed by atoms with Crippen LogP contribution in [0.1, 0.15) is 28.7 Å². The Balaban J connectivity index is 1.86. The van der Waals surface area contributed by atoms with Gasteiger partial charge in [-0.3, -0.25) is 0 Å². The predicted octanol–water partition coefficient (Wildman–Crippen LogP) is 1.61. The van der Waals surface area contributed by atoms with Gasteiger partial charge < -0.3 is 9.88 Å². The van der Waals surface area contributed by atoms with E-state index in [2.05, 4.69) is 41.0 Å². The topological polar surface area (TPSA) is 47.1 Å². The van der Waals surface area contributed by atoms with E-state index in [1.807, 2.05) is 23.1 Å². The highest BCUT2D eigenvalue weighted by molar-refractivity contribution is 5.55. The first kappa shape index (κ1) is 11.7. The van der Waals surface area contributed by atoms with Crippen LogP contribution in [-0.2, 0) is 13.5 Å². The van der Waals surface area contributed by atoms with E-state index in [0.717, 1.165) is 29.9 Å². The van der Waals surface area contributed by atoms with Gasteiger partial charge in [0.05, 0.1) is 29.3 Å². The lowest BCUT2D eigenvalue weighted by molar-refractivity contribution is 0.532. The van der Waals surface area contributed by atoms with Gasteiger partial charge >= 0.3 is 0 Å². The van der Waals surface area contributed by atoms with Gasteiger partial charge in [0, 0.05) is 31.9 Å². The zero-order valence-corrected chi connectivity index (χ0v) is 11.7. The maximum Gasteiger partial charge on any atom is 0.0962 e. The Bertz CT molecular complexity index is 783. The summed E-state index contributed by atoms with van der Waals surface area (Å²) in [5, 5.41) is 8.24. The first-order chi connectivity index (χ1) is 9.74. The summed E-state index contributed by atoms with van der Waals surface area (Å²) in [6.45, 7) is 3.07. The van der Waals surface area contributed by atoms with Crippen LogP contribution in [0.25, 0.3) is 5.52 Å². The van der Waals surface area contributed by atoms with Crippen molar-refractivity contribution < 1.29 is 0 Å². The van der Waals surface area contributed by atoms with Gasteiger partial charge in [0.25, 0.3) is 0 Å². The molecule has 1 aliphatic rings. The van der Waals surface area contributed by atoms with Gasteiger partial charge in [-0.05, 0) is 24.6 Å². The number of imidazole rings is 1. The summed E-state index contributed by atoms with van der Waals surface area (Å²) < 4.78 is 4.06. The Morgan fingerprint density at radius 2 is 2.30 bits per heavy atom. The van der Waals surface area contributed by atoms with Crippen molar-refractivity contribution in [3.8, 4) is 0 Å². The largest absolute Gasteiger partial charge is 0.337 e. The van der Waals surface area contributed by atoms with Crippen molar-refractivity contribution in [2.24, 2.45) is 7.05 Å². The Labute approximate surface area is 117 Å². The van der Waals surface area contributed by atoms with Crippen LogP contribution in [0.15, 0.2) is 30.7 Å². The lowest BCUT2D eigenvalue weighted by atomic mass is 10.0. The molecule has 4 heterocycles. The standard InChI is InChI=1S/C15H17N5/c1-10-4-3-7-20-13(10)8-11(18-20)14-15-12(5-6-16-14)19(2)9-17-15/h3-4,7-9,14,16H,5-6H2,1-2H3. The highest BCUT2D eigenvalue weighted by atomic mass is 15.2. The van der Waals surface area contributed by atoms with Crippen molar-refractivity contribution in [3.05, 3.63) is 53.4 Å². The zero-order chi connectivity index (χ0) is 13.7. The van der Waals surface area contributed by atoms with Gasteiger partial charge in [-0.2, -0.15) is 5.10 Å². The molecule has 102 valence electrons. The van der Waals surface area contributed by atoms with Crippen molar-refractivity contribution in [3.63, 3.8) is 0 Å². The summed E-state index contributed by atoms with van der Waals surface area (Å²) in [5.41, 5.74) is 5.86. The van der Waals surface area contributed by atoms with E-state index in [1.165, 1.54) is 11.3 Å². The molecule has 0 amide bonds. The zero-order valence-electron chi connectivity index (χ0n) is 11.7. The average molecular weight is 267 g/mol. The number of aromatic nitrogens is 4. The van der Waals surface area contributed by atoms with Crippen LogP contribution >= 0.6 is 0 Å². The van der Waals surface area contributed by atoms with Gasteiger partial charge in [0.2, 0.25) is 0 Å². The molecule has 0 saturated carbocycles. The first-order valence-corrected chi connectivity index (χ1v) is 6.92. The molecule has 0 radical (unpaired) electrons. The molecule has 0 aliphatic carbocycles. The van der Waals surface area contributed by atoms with E-state index in [0.29, 0.717) is 0 Å². The van der Waals surface area contributed by atoms with Crippen molar-refractivity contribution in [1.82, 2.24) is 24.5 Å². The smallest absolute Gasteiger partial charge is 0.0962 e. The summed E-state index contributed by atoms with van der Waals surface area (Å²) in [7, 11) is 2.06. The number of fused-ring (bicyclic) bond motifs is 2. The molecule has 0 fully saturated rings. The molecule has 3 aromatic rings. The quantitative estimate of drug-likeness (QED) is 0.728. The molecular formula is C15H17N5. The second-order valence-corrected chi connectivity index (χ2v) is 5.41. The fourth-order valence-electron chi connectivity index (χ4n) is 3.01. The number of hydrogen-bond donors (Lipinski definition) is 1. The van der Waals surface area contributed by atoms with E-state index in [9.17, 15) is 0 Å². The molecule has 5 nitrogen and oxygen atoms in total. The Morgan fingerprint density at radius 1 is 1.40 bits per heavy atom. The fourth-order valence-corrected chi connectivity index (χ4v) is 3.01. The Hall–Kier alpha value is -2.14. The van der Waals surface area contributed by atoms with Gasteiger partial charge in [-0.1, -0.05) is 6.07 Å². The molecule has 5 heteroatoms. The van der Waals surface area contributed by atoms with Gasteiger partial charge in [-0.25, -0.2) is 9.50 Å². The second-order valence-electron chi connectivity index (χ2n) is 5.41. The van der Waals surface area contributed by atoms with Gasteiger partial charge in [-0.15, -0.1) is 0 Å². The van der Waals surface area contributed by atoms with E-state index < -0.39 is 0 Å². The molecule has 1 N–H and O–H groups in total. The van der Waals surface area contributed by atoms with Gasteiger partial charge in [0.15, 0.2) is 0 Å². The van der Waals surface area contributed by atoms with Crippen LogP contribution in [0.3, 0.4) is 0 Å². The predicted molar refractivity (Wildman–Crippen MR) is 76.7 cm³/mol. The number of aryl methyl sites for hydroxylation is 2. The van der Waals surface area contributed by atoms with Crippen LogP contribution in [0, 0.1) is 6.92 Å². The molecule has 1 atom stereocenters. The molecule has 1 aliphatic heterocycles. The normalized spacial score (nSPS) is 18.4. The summed E-state index contributed by atoms with van der Waals surface area (Å²) in [6, 6.07) is 6.40. The minimum absolute atomic E-state index is 0.0965. The fraction of sp³-hybridized carbons (Fsp3) is 0.333. The minimum Gasteiger partial charge on any atom is -0.337 e. The maximum absolute atomic E-state index is 4.71. The average Bonchev–Trinajstić information content (AvgIpc) is 3.04. The summed E-state index contributed by atoms with van der Waals surface area (Å²) in [4.78, 5) is 4.56. The molecule has 1 unspecified atom stereocenters. The number of nitrogens with zero attached hydrogens (tertiary/aromatic N) is 4. The van der Waals surface area contributed by atoms with Crippen LogP contribution in [0.4, 0.5) is 0 Å². The Kier molecular flexibility index (Phi) is 2.44. The number of nitrogens with one attached hydrogen (secondary N) is 1. The van der Waals surface area contributed by atoms with Crippen LogP contribution < -0.4 is 5.32 Å². The number of pyridine rings is 1. The lowest BCUT2D eigenvalue weighted by Gasteiger charge is -2.22. The van der Waals surface area contributed by atoms with Crippen molar-refractivity contribution in [1.29, 1.82) is 0 Å². The van der Waals surface area contributed by atoms with Crippen molar-refractivity contribution >= 4 is 5.52 Å². The summed E-state index contributed by atoms with van der Waals surface area (Å²) >= 11 is 0. The Morgan fingerprint density at radius 3 is 3.15 bits per heavy atom. The minimum atomic E-state index is 0.0965. The first-order valence-electron chi connectivity index (χ1n) is 6.92. The summed E-state index contributed by atoms with van der Waals surface area (Å²) in [5.74, 6) is 0. The molecule has 3 aromatic heterocycles. The van der Waals surface area contributed by atoms with E-state index in [4.69, 9.17) is 5.10 Å².